The fourth-order valence-corrected chi connectivity index (χ4v) is 5.94. The van der Waals surface area contributed by atoms with Gasteiger partial charge in [0.05, 0.1) is 13.2 Å². The number of hydrogen-bond donors (Lipinski definition) is 0. The summed E-state index contributed by atoms with van der Waals surface area (Å²) in [5, 5.41) is -0.209. The maximum Gasteiger partial charge on any atom is 0.237 e. The number of hydrogen-bond acceptors (Lipinski definition) is 5. The fourth-order valence-electron chi connectivity index (χ4n) is 4.64. The van der Waals surface area contributed by atoms with Gasteiger partial charge in [0.15, 0.2) is 0 Å². The number of rotatable bonds is 5. The van der Waals surface area contributed by atoms with E-state index in [0.29, 0.717) is 18.7 Å². The summed E-state index contributed by atoms with van der Waals surface area (Å²) in [6.45, 7) is 6.49. The van der Waals surface area contributed by atoms with Gasteiger partial charge in [-0.05, 0) is 23.3 Å². The fraction of sp³-hybridized carbons (Fsp3) is 0.458. The molecule has 0 unspecified atom stereocenters. The lowest BCUT2D eigenvalue weighted by molar-refractivity contribution is -0.133. The molecule has 5 rings (SSSR count). The van der Waals surface area contributed by atoms with Crippen LogP contribution in [0.5, 0.6) is 5.75 Å². The number of ether oxygens (including phenoxy) is 1. The predicted molar refractivity (Wildman–Crippen MR) is 121 cm³/mol. The summed E-state index contributed by atoms with van der Waals surface area (Å²) < 4.78 is 19.9. The molecule has 31 heavy (non-hydrogen) atoms. The van der Waals surface area contributed by atoms with Crippen LogP contribution in [0.15, 0.2) is 42.5 Å². The van der Waals surface area contributed by atoms with Crippen LogP contribution >= 0.6 is 11.8 Å². The second-order valence-electron chi connectivity index (χ2n) is 8.42. The molecule has 0 bridgehead atoms. The summed E-state index contributed by atoms with van der Waals surface area (Å²) >= 11 is 1.65. The summed E-state index contributed by atoms with van der Waals surface area (Å²) in [5.41, 5.74) is 3.26. The summed E-state index contributed by atoms with van der Waals surface area (Å²) in [6.07, 6.45) is 1.00. The molecule has 0 spiro atoms. The number of carbonyl (C=O) groups excluding carboxylic acids is 1. The third kappa shape index (κ3) is 4.59. The van der Waals surface area contributed by atoms with E-state index in [1.54, 1.807) is 23.9 Å². The quantitative estimate of drug-likeness (QED) is 0.713. The molecule has 0 aliphatic carbocycles. The smallest absolute Gasteiger partial charge is 0.237 e. The van der Waals surface area contributed by atoms with Gasteiger partial charge in [-0.2, -0.15) is 0 Å². The van der Waals surface area contributed by atoms with Crippen LogP contribution in [0.25, 0.3) is 0 Å². The Morgan fingerprint density at radius 1 is 1.06 bits per heavy atom. The number of halogens is 1. The molecule has 2 aromatic rings. The normalized spacial score (nSPS) is 21.8. The molecule has 0 aromatic heterocycles. The van der Waals surface area contributed by atoms with Crippen LogP contribution in [0.3, 0.4) is 0 Å². The van der Waals surface area contributed by atoms with E-state index in [0.717, 1.165) is 57.3 Å². The topological polar surface area (TPSA) is 36.0 Å². The van der Waals surface area contributed by atoms with E-state index < -0.39 is 0 Å². The van der Waals surface area contributed by atoms with Crippen molar-refractivity contribution in [2.75, 3.05) is 51.6 Å². The third-order valence-electron chi connectivity index (χ3n) is 6.37. The molecule has 3 aliphatic rings. The first-order valence-corrected chi connectivity index (χ1v) is 12.1. The average molecular weight is 442 g/mol. The maximum atomic E-state index is 14.3. The molecule has 2 aromatic carbocycles. The molecule has 3 heterocycles. The van der Waals surface area contributed by atoms with Gasteiger partial charge in [0.2, 0.25) is 5.91 Å². The highest BCUT2D eigenvalue weighted by Crippen LogP contribution is 2.39. The van der Waals surface area contributed by atoms with Gasteiger partial charge in [0.1, 0.15) is 16.9 Å². The molecule has 0 radical (unpaired) electrons. The van der Waals surface area contributed by atoms with E-state index in [2.05, 4.69) is 28.0 Å². The van der Waals surface area contributed by atoms with Crippen molar-refractivity contribution >= 4 is 17.7 Å². The highest BCUT2D eigenvalue weighted by atomic mass is 32.2. The second-order valence-corrected chi connectivity index (χ2v) is 9.61. The number of carbonyl (C=O) groups is 1. The van der Waals surface area contributed by atoms with Gasteiger partial charge >= 0.3 is 0 Å². The predicted octanol–water partition coefficient (Wildman–Crippen LogP) is 3.15. The largest absolute Gasteiger partial charge is 0.493 e. The lowest BCUT2D eigenvalue weighted by Crippen LogP contribution is -2.49. The first kappa shape index (κ1) is 20.8. The number of piperazine rings is 1. The van der Waals surface area contributed by atoms with Crippen molar-refractivity contribution in [3.05, 3.63) is 65.0 Å². The molecular formula is C24H28FN3O2S. The van der Waals surface area contributed by atoms with Gasteiger partial charge < -0.3 is 9.64 Å². The van der Waals surface area contributed by atoms with Crippen LogP contribution in [0.4, 0.5) is 4.39 Å². The second kappa shape index (κ2) is 9.18. The van der Waals surface area contributed by atoms with Crippen molar-refractivity contribution in [3.63, 3.8) is 0 Å². The van der Waals surface area contributed by atoms with E-state index in [1.165, 1.54) is 17.2 Å². The van der Waals surface area contributed by atoms with Crippen molar-refractivity contribution in [1.29, 1.82) is 0 Å². The van der Waals surface area contributed by atoms with Gasteiger partial charge in [-0.15, -0.1) is 11.8 Å². The molecule has 7 heteroatoms. The van der Waals surface area contributed by atoms with Crippen molar-refractivity contribution in [2.45, 2.75) is 18.3 Å². The Bertz CT molecular complexity index is 948. The lowest BCUT2D eigenvalue weighted by Gasteiger charge is -2.35. The Kier molecular flexibility index (Phi) is 6.16. The number of thioether (sulfide) groups is 1. The molecular weight excluding hydrogens is 413 g/mol. The molecule has 1 amide bonds. The van der Waals surface area contributed by atoms with Crippen LogP contribution in [0, 0.1) is 5.82 Å². The maximum absolute atomic E-state index is 14.3. The minimum Gasteiger partial charge on any atom is -0.493 e. The first-order valence-electron chi connectivity index (χ1n) is 11.0. The zero-order chi connectivity index (χ0) is 21.2. The van der Waals surface area contributed by atoms with Crippen LogP contribution in [-0.4, -0.2) is 72.2 Å². The van der Waals surface area contributed by atoms with Crippen LogP contribution in [-0.2, 0) is 17.8 Å². The Hall–Kier alpha value is -2.09. The van der Waals surface area contributed by atoms with E-state index in [9.17, 15) is 9.18 Å². The number of fused-ring (bicyclic) bond motifs is 1. The van der Waals surface area contributed by atoms with E-state index >= 15 is 0 Å². The molecule has 5 nitrogen and oxygen atoms in total. The van der Waals surface area contributed by atoms with Crippen molar-refractivity contribution < 1.29 is 13.9 Å². The lowest BCUT2D eigenvalue weighted by atomic mass is 10.1. The van der Waals surface area contributed by atoms with Gasteiger partial charge in [0.25, 0.3) is 0 Å². The van der Waals surface area contributed by atoms with E-state index in [1.807, 2.05) is 11.0 Å². The molecule has 0 N–H and O–H groups in total. The number of amides is 1. The molecule has 2 fully saturated rings. The van der Waals surface area contributed by atoms with Crippen LogP contribution < -0.4 is 4.74 Å². The number of benzene rings is 2. The molecule has 3 aliphatic heterocycles. The van der Waals surface area contributed by atoms with Gasteiger partial charge in [-0.3, -0.25) is 14.6 Å². The van der Waals surface area contributed by atoms with Gasteiger partial charge in [-0.1, -0.05) is 30.3 Å². The summed E-state index contributed by atoms with van der Waals surface area (Å²) in [6, 6.07) is 13.3. The monoisotopic (exact) mass is 441 g/mol. The van der Waals surface area contributed by atoms with Crippen molar-refractivity contribution in [3.8, 4) is 5.75 Å². The Morgan fingerprint density at radius 3 is 2.71 bits per heavy atom. The Labute approximate surface area is 187 Å². The van der Waals surface area contributed by atoms with Crippen molar-refractivity contribution in [1.82, 2.24) is 14.7 Å². The van der Waals surface area contributed by atoms with Crippen molar-refractivity contribution in [2.24, 2.45) is 0 Å². The first-order chi connectivity index (χ1) is 15.2. The van der Waals surface area contributed by atoms with E-state index in [4.69, 9.17) is 4.74 Å². The van der Waals surface area contributed by atoms with Gasteiger partial charge in [0, 0.05) is 57.0 Å². The zero-order valence-corrected chi connectivity index (χ0v) is 18.5. The van der Waals surface area contributed by atoms with Crippen LogP contribution in [0.1, 0.15) is 22.1 Å². The zero-order valence-electron chi connectivity index (χ0n) is 17.6. The Balaban J connectivity index is 1.13. The summed E-state index contributed by atoms with van der Waals surface area (Å²) in [5.74, 6) is 1.75. The number of nitrogens with zero attached hydrogens (tertiary/aromatic N) is 3. The Morgan fingerprint density at radius 2 is 1.87 bits per heavy atom. The molecule has 164 valence electrons. The summed E-state index contributed by atoms with van der Waals surface area (Å²) in [4.78, 5) is 19.5. The molecule has 1 atom stereocenters. The molecule has 0 saturated carbocycles. The average Bonchev–Trinajstić information content (AvgIpc) is 3.45. The third-order valence-corrected chi connectivity index (χ3v) is 7.61. The SMILES string of the molecule is O=C(CN1CCN(Cc2ccc3c(c2)CCO3)CC1)N1CCS[C@@H]1c1ccccc1F. The highest BCUT2D eigenvalue weighted by molar-refractivity contribution is 7.99. The summed E-state index contributed by atoms with van der Waals surface area (Å²) in [7, 11) is 0. The standard InChI is InChI=1S/C24H28FN3O2S/c25-21-4-2-1-3-20(21)24-28(12-14-31-24)23(29)17-27-10-8-26(9-11-27)16-18-5-6-22-19(15-18)7-13-30-22/h1-6,15,24H,7-14,16-17H2/t24-/m1/s1. The molecule has 2 saturated heterocycles. The van der Waals surface area contributed by atoms with Crippen LogP contribution in [0.2, 0.25) is 0 Å². The minimum absolute atomic E-state index is 0.102. The minimum atomic E-state index is -0.230. The van der Waals surface area contributed by atoms with Gasteiger partial charge in [-0.25, -0.2) is 4.39 Å². The highest BCUT2D eigenvalue weighted by Gasteiger charge is 2.33. The van der Waals surface area contributed by atoms with E-state index in [-0.39, 0.29) is 17.1 Å².